The number of carbonyl (C=O) groups excluding carboxylic acids is 3. The van der Waals surface area contributed by atoms with Crippen molar-refractivity contribution < 1.29 is 19.1 Å². The number of imide groups is 1. The number of ether oxygens (including phenoxy) is 1. The highest BCUT2D eigenvalue weighted by molar-refractivity contribution is 5.99. The molecule has 166 valence electrons. The summed E-state index contributed by atoms with van der Waals surface area (Å²) in [6, 6.07) is 0. The number of likely N-dealkylation sites (tertiary alicyclic amines) is 1. The van der Waals surface area contributed by atoms with Gasteiger partial charge < -0.3 is 4.74 Å². The Labute approximate surface area is 177 Å². The second-order valence-electron chi connectivity index (χ2n) is 8.16. The van der Waals surface area contributed by atoms with E-state index in [0.717, 1.165) is 25.7 Å². The van der Waals surface area contributed by atoms with E-state index in [4.69, 9.17) is 0 Å². The van der Waals surface area contributed by atoms with Crippen LogP contribution in [0.15, 0.2) is 12.2 Å². The molecule has 1 aliphatic heterocycles. The summed E-state index contributed by atoms with van der Waals surface area (Å²) in [6.07, 6.45) is 20.9. The lowest BCUT2D eigenvalue weighted by Crippen LogP contribution is -2.32. The summed E-state index contributed by atoms with van der Waals surface area (Å²) in [5, 5.41) is 0. The van der Waals surface area contributed by atoms with Gasteiger partial charge in [-0.15, -0.1) is 0 Å². The van der Waals surface area contributed by atoms with E-state index >= 15 is 0 Å². The molecule has 5 heteroatoms. The SMILES string of the molecule is CCCCCCCCC=CCCCCCCCC(=O)N1CC(C(=O)OC)CC1=O. The highest BCUT2D eigenvalue weighted by Crippen LogP contribution is 2.20. The van der Waals surface area contributed by atoms with Gasteiger partial charge in [0.15, 0.2) is 0 Å². The molecule has 1 saturated heterocycles. The predicted octanol–water partition coefficient (Wildman–Crippen LogP) is 5.57. The topological polar surface area (TPSA) is 63.7 Å². The largest absolute Gasteiger partial charge is 0.469 e. The molecule has 0 aromatic heterocycles. The standard InChI is InChI=1S/C24H41NO4/c1-3-4-5-6-7-8-9-10-11-12-13-14-15-16-17-18-22(26)25-20-21(19-23(25)27)24(28)29-2/h10-11,21H,3-9,12-20H2,1-2H3. The van der Waals surface area contributed by atoms with Gasteiger partial charge >= 0.3 is 5.97 Å². The van der Waals surface area contributed by atoms with Crippen molar-refractivity contribution in [3.05, 3.63) is 12.2 Å². The van der Waals surface area contributed by atoms with Gasteiger partial charge in [0.25, 0.3) is 0 Å². The number of hydrogen-bond donors (Lipinski definition) is 0. The Morgan fingerprint density at radius 2 is 1.48 bits per heavy atom. The van der Waals surface area contributed by atoms with Gasteiger partial charge in [0, 0.05) is 19.4 Å². The molecule has 1 rings (SSSR count). The molecule has 5 nitrogen and oxygen atoms in total. The molecule has 1 aliphatic rings. The van der Waals surface area contributed by atoms with Gasteiger partial charge in [-0.2, -0.15) is 0 Å². The molecule has 0 bridgehead atoms. The summed E-state index contributed by atoms with van der Waals surface area (Å²) < 4.78 is 4.67. The van der Waals surface area contributed by atoms with Gasteiger partial charge in [-0.3, -0.25) is 19.3 Å². The zero-order valence-corrected chi connectivity index (χ0v) is 18.6. The van der Waals surface area contributed by atoms with E-state index in [1.807, 2.05) is 0 Å². The van der Waals surface area contributed by atoms with Gasteiger partial charge in [-0.05, 0) is 32.1 Å². The third-order valence-electron chi connectivity index (χ3n) is 5.61. The molecule has 1 unspecified atom stereocenters. The molecule has 0 spiro atoms. The summed E-state index contributed by atoms with van der Waals surface area (Å²) in [5.41, 5.74) is 0. The molecule has 2 amide bonds. The first-order valence-corrected chi connectivity index (χ1v) is 11.7. The number of unbranched alkanes of at least 4 members (excludes halogenated alkanes) is 11. The Bertz CT molecular complexity index is 515. The predicted molar refractivity (Wildman–Crippen MR) is 116 cm³/mol. The Morgan fingerprint density at radius 3 is 2.07 bits per heavy atom. The van der Waals surface area contributed by atoms with E-state index in [0.29, 0.717) is 6.42 Å². The van der Waals surface area contributed by atoms with Crippen LogP contribution >= 0.6 is 0 Å². The minimum absolute atomic E-state index is 0.0881. The van der Waals surface area contributed by atoms with Crippen LogP contribution in [0.5, 0.6) is 0 Å². The number of allylic oxidation sites excluding steroid dienone is 2. The number of nitrogens with zero attached hydrogens (tertiary/aromatic N) is 1. The van der Waals surface area contributed by atoms with Crippen molar-refractivity contribution in [1.82, 2.24) is 4.90 Å². The molecule has 0 saturated carbocycles. The Balaban J connectivity index is 1.95. The molecule has 0 aliphatic carbocycles. The first-order chi connectivity index (χ1) is 14.1. The number of methoxy groups -OCH3 is 1. The van der Waals surface area contributed by atoms with Crippen molar-refractivity contribution in [2.24, 2.45) is 5.92 Å². The monoisotopic (exact) mass is 407 g/mol. The fourth-order valence-electron chi connectivity index (χ4n) is 3.76. The molecular weight excluding hydrogens is 366 g/mol. The molecule has 1 atom stereocenters. The van der Waals surface area contributed by atoms with Gasteiger partial charge in [0.2, 0.25) is 11.8 Å². The minimum Gasteiger partial charge on any atom is -0.469 e. The number of hydrogen-bond acceptors (Lipinski definition) is 4. The van der Waals surface area contributed by atoms with Gasteiger partial charge in [0.1, 0.15) is 0 Å². The average Bonchev–Trinajstić information content (AvgIpc) is 3.12. The first-order valence-electron chi connectivity index (χ1n) is 11.7. The number of amides is 2. The van der Waals surface area contributed by atoms with Gasteiger partial charge in [0.05, 0.1) is 13.0 Å². The third-order valence-corrected chi connectivity index (χ3v) is 5.61. The lowest BCUT2D eigenvalue weighted by molar-refractivity contribution is -0.145. The van der Waals surface area contributed by atoms with E-state index in [-0.39, 0.29) is 24.8 Å². The average molecular weight is 408 g/mol. The molecule has 29 heavy (non-hydrogen) atoms. The fraction of sp³-hybridized carbons (Fsp3) is 0.792. The lowest BCUT2D eigenvalue weighted by atomic mass is 10.1. The van der Waals surface area contributed by atoms with E-state index in [9.17, 15) is 14.4 Å². The van der Waals surface area contributed by atoms with Gasteiger partial charge in [-0.1, -0.05) is 70.4 Å². The van der Waals surface area contributed by atoms with Crippen LogP contribution < -0.4 is 0 Å². The van der Waals surface area contributed by atoms with E-state index in [1.165, 1.54) is 69.8 Å². The number of rotatable bonds is 16. The van der Waals surface area contributed by atoms with Crippen molar-refractivity contribution in [3.8, 4) is 0 Å². The third kappa shape index (κ3) is 11.2. The maximum atomic E-state index is 12.2. The van der Waals surface area contributed by atoms with Crippen molar-refractivity contribution in [1.29, 1.82) is 0 Å². The molecular formula is C24H41NO4. The highest BCUT2D eigenvalue weighted by atomic mass is 16.5. The van der Waals surface area contributed by atoms with Crippen LogP contribution in [0, 0.1) is 5.92 Å². The van der Waals surface area contributed by atoms with Crippen molar-refractivity contribution in [2.45, 2.75) is 103 Å². The van der Waals surface area contributed by atoms with Gasteiger partial charge in [-0.25, -0.2) is 0 Å². The summed E-state index contributed by atoms with van der Waals surface area (Å²) in [4.78, 5) is 36.8. The quantitative estimate of drug-likeness (QED) is 0.190. The fourth-order valence-corrected chi connectivity index (χ4v) is 3.76. The van der Waals surface area contributed by atoms with Crippen LogP contribution in [-0.4, -0.2) is 36.3 Å². The molecule has 0 aromatic carbocycles. The second kappa shape index (κ2) is 16.2. The molecule has 1 heterocycles. The molecule has 0 N–H and O–H groups in total. The number of carbonyl (C=O) groups is 3. The van der Waals surface area contributed by atoms with Crippen LogP contribution in [0.3, 0.4) is 0 Å². The Kier molecular flexibility index (Phi) is 14.2. The van der Waals surface area contributed by atoms with Crippen molar-refractivity contribution in [3.63, 3.8) is 0 Å². The summed E-state index contributed by atoms with van der Waals surface area (Å²) in [7, 11) is 1.31. The normalized spacial score (nSPS) is 16.7. The maximum absolute atomic E-state index is 12.2. The van der Waals surface area contributed by atoms with Crippen molar-refractivity contribution >= 4 is 17.8 Å². The molecule has 1 fully saturated rings. The smallest absolute Gasteiger partial charge is 0.311 e. The summed E-state index contributed by atoms with van der Waals surface area (Å²) >= 11 is 0. The summed E-state index contributed by atoms with van der Waals surface area (Å²) in [5.74, 6) is -1.31. The van der Waals surface area contributed by atoms with E-state index in [1.54, 1.807) is 0 Å². The molecule has 0 aromatic rings. The second-order valence-corrected chi connectivity index (χ2v) is 8.16. The zero-order valence-electron chi connectivity index (χ0n) is 18.6. The lowest BCUT2D eigenvalue weighted by Gasteiger charge is -2.14. The molecule has 0 radical (unpaired) electrons. The number of esters is 1. The Morgan fingerprint density at radius 1 is 0.931 bits per heavy atom. The maximum Gasteiger partial charge on any atom is 0.311 e. The highest BCUT2D eigenvalue weighted by Gasteiger charge is 2.37. The van der Waals surface area contributed by atoms with Crippen LogP contribution in [0.2, 0.25) is 0 Å². The van der Waals surface area contributed by atoms with E-state index in [2.05, 4.69) is 23.8 Å². The van der Waals surface area contributed by atoms with Crippen LogP contribution in [0.25, 0.3) is 0 Å². The van der Waals surface area contributed by atoms with E-state index < -0.39 is 11.9 Å². The zero-order chi connectivity index (χ0) is 21.3. The van der Waals surface area contributed by atoms with Crippen molar-refractivity contribution in [2.75, 3.05) is 13.7 Å². The van der Waals surface area contributed by atoms with Crippen LogP contribution in [0.1, 0.15) is 103 Å². The van der Waals surface area contributed by atoms with Crippen LogP contribution in [-0.2, 0) is 19.1 Å². The van der Waals surface area contributed by atoms with Crippen LogP contribution in [0.4, 0.5) is 0 Å². The first kappa shape index (κ1) is 25.4. The minimum atomic E-state index is -0.495. The summed E-state index contributed by atoms with van der Waals surface area (Å²) in [6.45, 7) is 2.43. The Hall–Kier alpha value is -1.65.